The highest BCUT2D eigenvalue weighted by molar-refractivity contribution is 7.90. The lowest BCUT2D eigenvalue weighted by atomic mass is 10.1. The highest BCUT2D eigenvalue weighted by Crippen LogP contribution is 2.23. The van der Waals surface area contributed by atoms with E-state index in [0.29, 0.717) is 5.69 Å². The first kappa shape index (κ1) is 19.9. The van der Waals surface area contributed by atoms with Gasteiger partial charge >= 0.3 is 10.2 Å². The largest absolute Gasteiger partial charge is 0.324 e. The average molecular weight is 375 g/mol. The van der Waals surface area contributed by atoms with E-state index in [-0.39, 0.29) is 6.54 Å². The SMILES string of the molecule is Cc1cc(C)c(NC(=O)CN(c2ccccc2)S(=O)(=O)N(C)C)c(C)c1. The molecule has 2 rings (SSSR count). The van der Waals surface area contributed by atoms with Crippen molar-refractivity contribution >= 4 is 27.5 Å². The van der Waals surface area contributed by atoms with Crippen molar-refractivity contribution in [2.24, 2.45) is 0 Å². The Labute approximate surface area is 155 Å². The molecule has 2 aromatic carbocycles. The molecule has 0 unspecified atom stereocenters. The molecule has 140 valence electrons. The quantitative estimate of drug-likeness (QED) is 0.844. The molecule has 7 heteroatoms. The van der Waals surface area contributed by atoms with E-state index in [0.717, 1.165) is 31.0 Å². The van der Waals surface area contributed by atoms with Gasteiger partial charge in [0.2, 0.25) is 5.91 Å². The Kier molecular flexibility index (Phi) is 6.05. The number of hydrogen-bond acceptors (Lipinski definition) is 3. The van der Waals surface area contributed by atoms with Gasteiger partial charge in [0, 0.05) is 19.8 Å². The first-order chi connectivity index (χ1) is 12.1. The minimum atomic E-state index is -3.80. The van der Waals surface area contributed by atoms with Gasteiger partial charge in [0.15, 0.2) is 0 Å². The van der Waals surface area contributed by atoms with Crippen molar-refractivity contribution < 1.29 is 13.2 Å². The van der Waals surface area contributed by atoms with Gasteiger partial charge in [0.1, 0.15) is 6.54 Å². The van der Waals surface area contributed by atoms with Crippen molar-refractivity contribution in [3.05, 3.63) is 59.2 Å². The fourth-order valence-corrected chi connectivity index (χ4v) is 3.85. The highest BCUT2D eigenvalue weighted by Gasteiger charge is 2.27. The zero-order chi connectivity index (χ0) is 19.5. The Hall–Kier alpha value is -2.38. The van der Waals surface area contributed by atoms with Crippen molar-refractivity contribution in [1.82, 2.24) is 4.31 Å². The predicted octanol–water partition coefficient (Wildman–Crippen LogP) is 2.86. The molecule has 1 N–H and O–H groups in total. The molecule has 26 heavy (non-hydrogen) atoms. The Balaban J connectivity index is 2.31. The topological polar surface area (TPSA) is 69.7 Å². The number of carbonyl (C=O) groups is 1. The van der Waals surface area contributed by atoms with Gasteiger partial charge in [0.05, 0.1) is 5.69 Å². The van der Waals surface area contributed by atoms with Crippen LogP contribution in [-0.4, -0.2) is 39.3 Å². The summed E-state index contributed by atoms with van der Waals surface area (Å²) >= 11 is 0. The summed E-state index contributed by atoms with van der Waals surface area (Å²) in [5, 5.41) is 2.85. The molecule has 0 aliphatic rings. The number of aryl methyl sites for hydroxylation is 3. The van der Waals surface area contributed by atoms with Gasteiger partial charge < -0.3 is 5.32 Å². The molecular weight excluding hydrogens is 350 g/mol. The molecule has 0 bridgehead atoms. The molecule has 0 spiro atoms. The van der Waals surface area contributed by atoms with Crippen LogP contribution in [-0.2, 0) is 15.0 Å². The highest BCUT2D eigenvalue weighted by atomic mass is 32.2. The van der Waals surface area contributed by atoms with Crippen LogP contribution in [0.5, 0.6) is 0 Å². The molecule has 6 nitrogen and oxygen atoms in total. The summed E-state index contributed by atoms with van der Waals surface area (Å²) in [6.45, 7) is 5.52. The molecule has 0 saturated carbocycles. The Morgan fingerprint density at radius 2 is 1.54 bits per heavy atom. The molecule has 0 aromatic heterocycles. The van der Waals surface area contributed by atoms with Crippen LogP contribution in [0.1, 0.15) is 16.7 Å². The number of anilines is 2. The van der Waals surface area contributed by atoms with E-state index in [1.807, 2.05) is 32.9 Å². The fraction of sp³-hybridized carbons (Fsp3) is 0.316. The fourth-order valence-electron chi connectivity index (χ4n) is 2.78. The number of para-hydroxylation sites is 1. The maximum absolute atomic E-state index is 12.7. The van der Waals surface area contributed by atoms with E-state index in [1.54, 1.807) is 30.3 Å². The first-order valence-electron chi connectivity index (χ1n) is 8.26. The van der Waals surface area contributed by atoms with Crippen LogP contribution in [0.15, 0.2) is 42.5 Å². The molecule has 0 saturated heterocycles. The number of nitrogens with zero attached hydrogens (tertiary/aromatic N) is 2. The van der Waals surface area contributed by atoms with E-state index in [2.05, 4.69) is 5.32 Å². The second kappa shape index (κ2) is 7.88. The summed E-state index contributed by atoms with van der Waals surface area (Å²) in [6, 6.07) is 12.6. The lowest BCUT2D eigenvalue weighted by molar-refractivity contribution is -0.114. The zero-order valence-corrected chi connectivity index (χ0v) is 16.6. The maximum Gasteiger partial charge on any atom is 0.304 e. The van der Waals surface area contributed by atoms with Gasteiger partial charge in [-0.15, -0.1) is 0 Å². The summed E-state index contributed by atoms with van der Waals surface area (Å²) in [4.78, 5) is 12.6. The van der Waals surface area contributed by atoms with Crippen LogP contribution in [0.4, 0.5) is 11.4 Å². The van der Waals surface area contributed by atoms with Gasteiger partial charge in [-0.2, -0.15) is 12.7 Å². The van der Waals surface area contributed by atoms with Crippen molar-refractivity contribution in [2.75, 3.05) is 30.3 Å². The number of benzene rings is 2. The van der Waals surface area contributed by atoms with Crippen LogP contribution in [0.25, 0.3) is 0 Å². The third-order valence-corrected chi connectivity index (χ3v) is 5.83. The molecule has 0 heterocycles. The summed E-state index contributed by atoms with van der Waals surface area (Å²) < 4.78 is 27.5. The van der Waals surface area contributed by atoms with E-state index in [4.69, 9.17) is 0 Å². The smallest absolute Gasteiger partial charge is 0.304 e. The maximum atomic E-state index is 12.7. The third-order valence-electron chi connectivity index (χ3n) is 4.01. The molecule has 0 aliphatic heterocycles. The van der Waals surface area contributed by atoms with Crippen LogP contribution in [0, 0.1) is 20.8 Å². The van der Waals surface area contributed by atoms with E-state index in [9.17, 15) is 13.2 Å². The monoisotopic (exact) mass is 375 g/mol. The minimum absolute atomic E-state index is 0.308. The molecule has 1 amide bonds. The number of hydrogen-bond donors (Lipinski definition) is 1. The number of carbonyl (C=O) groups excluding carboxylic acids is 1. The van der Waals surface area contributed by atoms with Crippen LogP contribution in [0.3, 0.4) is 0 Å². The van der Waals surface area contributed by atoms with E-state index < -0.39 is 16.1 Å². The van der Waals surface area contributed by atoms with Gasteiger partial charge in [-0.25, -0.2) is 4.31 Å². The second-order valence-corrected chi connectivity index (χ2v) is 8.52. The number of rotatable bonds is 6. The average Bonchev–Trinajstić information content (AvgIpc) is 2.56. The predicted molar refractivity (Wildman–Crippen MR) is 106 cm³/mol. The molecule has 0 aliphatic carbocycles. The lowest BCUT2D eigenvalue weighted by Gasteiger charge is -2.27. The second-order valence-electron chi connectivity index (χ2n) is 6.45. The summed E-state index contributed by atoms with van der Waals surface area (Å²) in [5.41, 5.74) is 4.15. The van der Waals surface area contributed by atoms with E-state index >= 15 is 0 Å². The number of nitrogens with one attached hydrogen (secondary N) is 1. The van der Waals surface area contributed by atoms with Gasteiger partial charge in [-0.05, 0) is 44.0 Å². The Morgan fingerprint density at radius 3 is 2.04 bits per heavy atom. The molecule has 0 atom stereocenters. The van der Waals surface area contributed by atoms with Crippen molar-refractivity contribution in [2.45, 2.75) is 20.8 Å². The summed E-state index contributed by atoms with van der Waals surface area (Å²) in [6.07, 6.45) is 0. The molecular formula is C19H25N3O3S. The van der Waals surface area contributed by atoms with Crippen LogP contribution < -0.4 is 9.62 Å². The van der Waals surface area contributed by atoms with Crippen molar-refractivity contribution in [3.8, 4) is 0 Å². The van der Waals surface area contributed by atoms with Gasteiger partial charge in [-0.1, -0.05) is 35.9 Å². The Bertz CT molecular complexity index is 870. The zero-order valence-electron chi connectivity index (χ0n) is 15.8. The summed E-state index contributed by atoms with van der Waals surface area (Å²) in [7, 11) is -0.917. The van der Waals surface area contributed by atoms with E-state index in [1.165, 1.54) is 14.1 Å². The molecule has 0 fully saturated rings. The number of amides is 1. The van der Waals surface area contributed by atoms with Crippen LogP contribution >= 0.6 is 0 Å². The Morgan fingerprint density at radius 1 is 1.00 bits per heavy atom. The van der Waals surface area contributed by atoms with Crippen molar-refractivity contribution in [3.63, 3.8) is 0 Å². The van der Waals surface area contributed by atoms with Crippen molar-refractivity contribution in [1.29, 1.82) is 0 Å². The van der Waals surface area contributed by atoms with Gasteiger partial charge in [0.25, 0.3) is 0 Å². The molecule has 2 aromatic rings. The first-order valence-corrected chi connectivity index (χ1v) is 9.65. The van der Waals surface area contributed by atoms with Gasteiger partial charge in [-0.3, -0.25) is 4.79 Å². The summed E-state index contributed by atoms with van der Waals surface area (Å²) in [5.74, 6) is -0.394. The standard InChI is InChI=1S/C19H25N3O3S/c1-14-11-15(2)19(16(3)12-14)20-18(23)13-22(26(24,25)21(4)5)17-9-7-6-8-10-17/h6-12H,13H2,1-5H3,(H,20,23). The molecule has 0 radical (unpaired) electrons. The van der Waals surface area contributed by atoms with Crippen LogP contribution in [0.2, 0.25) is 0 Å². The normalized spacial score (nSPS) is 11.5. The third kappa shape index (κ3) is 4.42. The minimum Gasteiger partial charge on any atom is -0.324 e. The lowest BCUT2D eigenvalue weighted by Crippen LogP contribution is -2.44.